The molecule has 0 aliphatic carbocycles. The van der Waals surface area contributed by atoms with E-state index in [0.29, 0.717) is 5.75 Å². The van der Waals surface area contributed by atoms with Crippen molar-refractivity contribution in [3.8, 4) is 11.5 Å². The summed E-state index contributed by atoms with van der Waals surface area (Å²) < 4.78 is 5.43. The smallest absolute Gasteiger partial charge is 0.312 e. The summed E-state index contributed by atoms with van der Waals surface area (Å²) in [5.74, 6) is -0.533. The summed E-state index contributed by atoms with van der Waals surface area (Å²) in [6.45, 7) is 3.56. The normalized spacial score (nSPS) is 10.7. The molecule has 0 aliphatic heterocycles. The van der Waals surface area contributed by atoms with Gasteiger partial charge in [-0.25, -0.2) is 5.43 Å². The van der Waals surface area contributed by atoms with Crippen LogP contribution in [0.5, 0.6) is 11.5 Å². The summed E-state index contributed by atoms with van der Waals surface area (Å²) >= 11 is 5.77. The van der Waals surface area contributed by atoms with Gasteiger partial charge in [0, 0.05) is 16.7 Å². The summed E-state index contributed by atoms with van der Waals surface area (Å²) in [4.78, 5) is 21.9. The summed E-state index contributed by atoms with van der Waals surface area (Å²) in [6, 6.07) is 7.81. The number of aromatic hydroxyl groups is 1. The molecule has 0 saturated carbocycles. The van der Waals surface area contributed by atoms with E-state index in [1.165, 1.54) is 6.07 Å². The second-order valence-electron chi connectivity index (χ2n) is 5.40. The topological polar surface area (TPSA) is 114 Å². The maximum Gasteiger partial charge on any atom is 0.312 e. The van der Waals surface area contributed by atoms with E-state index in [-0.39, 0.29) is 17.2 Å². The minimum Gasteiger partial charge on any atom is -0.502 e. The Morgan fingerprint density at radius 1 is 1.42 bits per heavy atom. The Kier molecular flexibility index (Phi) is 6.13. The van der Waals surface area contributed by atoms with E-state index < -0.39 is 22.3 Å². The van der Waals surface area contributed by atoms with Crippen molar-refractivity contribution in [2.75, 3.05) is 6.61 Å². The number of nitrogens with zero attached hydrogens (tertiary/aromatic N) is 2. The van der Waals surface area contributed by atoms with Gasteiger partial charge in [-0.2, -0.15) is 5.10 Å². The number of aryl methyl sites for hydroxylation is 1. The first kappa shape index (κ1) is 19.2. The average Bonchev–Trinajstić information content (AvgIpc) is 2.58. The molecule has 26 heavy (non-hydrogen) atoms. The van der Waals surface area contributed by atoms with Crippen LogP contribution in [-0.4, -0.2) is 28.8 Å². The number of rotatable bonds is 6. The number of hydrogen-bond acceptors (Lipinski definition) is 6. The maximum absolute atomic E-state index is 11.8. The molecule has 1 amide bonds. The highest BCUT2D eigenvalue weighted by atomic mass is 35.5. The lowest BCUT2D eigenvalue weighted by atomic mass is 10.1. The number of benzene rings is 2. The fraction of sp³-hybridized carbons (Fsp3) is 0.176. The van der Waals surface area contributed by atoms with E-state index in [9.17, 15) is 20.0 Å². The Hall–Kier alpha value is -3.13. The van der Waals surface area contributed by atoms with E-state index in [1.54, 1.807) is 6.07 Å². The van der Waals surface area contributed by atoms with Gasteiger partial charge in [0.1, 0.15) is 5.75 Å². The van der Waals surface area contributed by atoms with Crippen LogP contribution >= 0.6 is 11.6 Å². The van der Waals surface area contributed by atoms with Crippen molar-refractivity contribution in [2.45, 2.75) is 13.8 Å². The van der Waals surface area contributed by atoms with Crippen LogP contribution in [-0.2, 0) is 4.79 Å². The number of phenols is 1. The van der Waals surface area contributed by atoms with Crippen LogP contribution in [0, 0.1) is 24.0 Å². The third-order valence-corrected chi connectivity index (χ3v) is 3.81. The molecule has 2 rings (SSSR count). The zero-order valence-electron chi connectivity index (χ0n) is 14.0. The fourth-order valence-electron chi connectivity index (χ4n) is 2.07. The molecule has 0 saturated heterocycles. The maximum atomic E-state index is 11.8. The van der Waals surface area contributed by atoms with Crippen LogP contribution in [0.25, 0.3) is 0 Å². The summed E-state index contributed by atoms with van der Waals surface area (Å²) in [5, 5.41) is 24.4. The van der Waals surface area contributed by atoms with E-state index in [2.05, 4.69) is 10.5 Å². The van der Waals surface area contributed by atoms with Gasteiger partial charge in [-0.05, 0) is 37.1 Å². The van der Waals surface area contributed by atoms with Crippen molar-refractivity contribution in [1.29, 1.82) is 0 Å². The van der Waals surface area contributed by atoms with Crippen molar-refractivity contribution in [3.05, 3.63) is 62.2 Å². The van der Waals surface area contributed by atoms with E-state index in [4.69, 9.17) is 16.3 Å². The van der Waals surface area contributed by atoms with Gasteiger partial charge >= 0.3 is 5.69 Å². The molecule has 0 heterocycles. The third-order valence-electron chi connectivity index (χ3n) is 3.59. The van der Waals surface area contributed by atoms with Gasteiger partial charge in [-0.1, -0.05) is 23.7 Å². The Labute approximate surface area is 154 Å². The van der Waals surface area contributed by atoms with Gasteiger partial charge in [0.05, 0.1) is 11.1 Å². The Morgan fingerprint density at radius 3 is 2.85 bits per heavy atom. The Balaban J connectivity index is 1.99. The second kappa shape index (κ2) is 8.30. The van der Waals surface area contributed by atoms with Gasteiger partial charge in [-0.3, -0.25) is 14.9 Å². The predicted octanol–water partition coefficient (Wildman–Crippen LogP) is 3.10. The zero-order valence-corrected chi connectivity index (χ0v) is 14.8. The van der Waals surface area contributed by atoms with Crippen LogP contribution in [0.1, 0.15) is 16.7 Å². The highest BCUT2D eigenvalue weighted by Gasteiger charge is 2.17. The molecule has 0 radical (unpaired) electrons. The molecule has 2 aromatic rings. The molecule has 136 valence electrons. The molecule has 0 atom stereocenters. The van der Waals surface area contributed by atoms with Crippen molar-refractivity contribution in [1.82, 2.24) is 5.43 Å². The minimum absolute atomic E-state index is 0.0000491. The number of nitro groups is 1. The number of hydrogen-bond donors (Lipinski definition) is 2. The number of nitro benzene ring substituents is 1. The van der Waals surface area contributed by atoms with Crippen LogP contribution < -0.4 is 10.2 Å². The highest BCUT2D eigenvalue weighted by molar-refractivity contribution is 6.31. The molecule has 2 aromatic carbocycles. The first-order valence-electron chi connectivity index (χ1n) is 7.47. The number of halogens is 1. The van der Waals surface area contributed by atoms with E-state index in [0.717, 1.165) is 23.4 Å². The lowest BCUT2D eigenvalue weighted by Crippen LogP contribution is -2.24. The zero-order chi connectivity index (χ0) is 19.3. The molecule has 8 nitrogen and oxygen atoms in total. The van der Waals surface area contributed by atoms with E-state index >= 15 is 0 Å². The second-order valence-corrected chi connectivity index (χ2v) is 5.84. The van der Waals surface area contributed by atoms with Crippen molar-refractivity contribution >= 4 is 29.4 Å². The molecule has 0 bridgehead atoms. The van der Waals surface area contributed by atoms with Gasteiger partial charge in [0.25, 0.3) is 5.91 Å². The largest absolute Gasteiger partial charge is 0.502 e. The third kappa shape index (κ3) is 4.70. The number of phenolic OH excluding ortho intramolecular Hbond substituents is 1. The van der Waals surface area contributed by atoms with Crippen LogP contribution in [0.3, 0.4) is 0 Å². The SMILES string of the molecule is Cc1cccc(OCC(=O)N/N=C\c2cc(Cl)cc([N+](=O)[O-])c2O)c1C. The fourth-order valence-corrected chi connectivity index (χ4v) is 2.29. The first-order valence-corrected chi connectivity index (χ1v) is 7.85. The summed E-state index contributed by atoms with van der Waals surface area (Å²) in [6.07, 6.45) is 1.06. The minimum atomic E-state index is -0.769. The monoisotopic (exact) mass is 377 g/mol. The number of ether oxygens (including phenoxy) is 1. The van der Waals surface area contributed by atoms with Gasteiger partial charge in [0.2, 0.25) is 5.75 Å². The lowest BCUT2D eigenvalue weighted by Gasteiger charge is -2.09. The standard InChI is InChI=1S/C17H16ClN3O5/c1-10-4-3-5-15(11(10)2)26-9-16(22)20-19-8-12-6-13(18)7-14(17(12)23)21(24)25/h3-8,23H,9H2,1-2H3,(H,20,22)/b19-8-. The van der Waals surface area contributed by atoms with Crippen LogP contribution in [0.15, 0.2) is 35.4 Å². The number of amides is 1. The molecular weight excluding hydrogens is 362 g/mol. The molecule has 0 aromatic heterocycles. The first-order chi connectivity index (χ1) is 12.3. The van der Waals surface area contributed by atoms with Crippen LogP contribution in [0.2, 0.25) is 5.02 Å². The Bertz CT molecular complexity index is 883. The molecule has 2 N–H and O–H groups in total. The number of hydrazone groups is 1. The molecule has 0 unspecified atom stereocenters. The van der Waals surface area contributed by atoms with Gasteiger partial charge in [-0.15, -0.1) is 0 Å². The quantitative estimate of drug-likeness (QED) is 0.456. The number of nitrogens with one attached hydrogen (secondary N) is 1. The van der Waals surface area contributed by atoms with Crippen molar-refractivity contribution in [3.63, 3.8) is 0 Å². The Morgan fingerprint density at radius 2 is 2.15 bits per heavy atom. The highest BCUT2D eigenvalue weighted by Crippen LogP contribution is 2.32. The van der Waals surface area contributed by atoms with Gasteiger partial charge in [0.15, 0.2) is 6.61 Å². The summed E-state index contributed by atoms with van der Waals surface area (Å²) in [7, 11) is 0. The molecular formula is C17H16ClN3O5. The molecule has 0 aliphatic rings. The number of carbonyl (C=O) groups is 1. The van der Waals surface area contributed by atoms with Crippen molar-refractivity contribution in [2.24, 2.45) is 5.10 Å². The van der Waals surface area contributed by atoms with Gasteiger partial charge < -0.3 is 9.84 Å². The van der Waals surface area contributed by atoms with E-state index in [1.807, 2.05) is 26.0 Å². The number of carbonyl (C=O) groups excluding carboxylic acids is 1. The summed E-state index contributed by atoms with van der Waals surface area (Å²) in [5.41, 5.74) is 3.63. The van der Waals surface area contributed by atoms with Crippen LogP contribution in [0.4, 0.5) is 5.69 Å². The predicted molar refractivity (Wildman–Crippen MR) is 96.9 cm³/mol. The van der Waals surface area contributed by atoms with Crippen molar-refractivity contribution < 1.29 is 19.6 Å². The average molecular weight is 378 g/mol. The lowest BCUT2D eigenvalue weighted by molar-refractivity contribution is -0.385. The molecule has 0 spiro atoms. The molecule has 0 fully saturated rings. The molecule has 9 heteroatoms.